The van der Waals surface area contributed by atoms with Gasteiger partial charge >= 0.3 is 5.97 Å². The number of halogens is 2. The molecule has 11 heteroatoms. The second kappa shape index (κ2) is 15.2. The summed E-state index contributed by atoms with van der Waals surface area (Å²) in [5.74, 6) is 0.765. The molecule has 2 aliphatic heterocycles. The van der Waals surface area contributed by atoms with Crippen LogP contribution in [0.4, 0.5) is 5.69 Å². The fraction of sp³-hybridized carbons (Fsp3) is 0.386. The molecule has 1 fully saturated rings. The van der Waals surface area contributed by atoms with Crippen LogP contribution in [-0.4, -0.2) is 61.3 Å². The molecule has 3 aromatic heterocycles. The van der Waals surface area contributed by atoms with Crippen LogP contribution in [0, 0.1) is 27.7 Å². The summed E-state index contributed by atoms with van der Waals surface area (Å²) >= 11 is 13.7. The van der Waals surface area contributed by atoms with Gasteiger partial charge in [-0.1, -0.05) is 29.3 Å². The summed E-state index contributed by atoms with van der Waals surface area (Å²) in [4.78, 5) is 27.0. The zero-order valence-corrected chi connectivity index (χ0v) is 33.8. The SMILES string of the molecule is Cc1cc(OCCCc2c3n(c4c(-c5c(C)nc(CN6CCCC6)nc5C)c(Cl)ccc24)CCCN(c2cn(C)c4ccc(C(=O)O)cc24)C3)cc(C)c1Cl. The highest BCUT2D eigenvalue weighted by Crippen LogP contribution is 2.43. The fourth-order valence-corrected chi connectivity index (χ4v) is 9.27. The first-order valence-corrected chi connectivity index (χ1v) is 20.1. The van der Waals surface area contributed by atoms with Crippen LogP contribution in [0.5, 0.6) is 5.75 Å². The maximum Gasteiger partial charge on any atom is 0.335 e. The number of fused-ring (bicyclic) bond motifs is 4. The normalized spacial score (nSPS) is 14.9. The minimum atomic E-state index is -0.927. The van der Waals surface area contributed by atoms with Crippen molar-refractivity contribution in [1.82, 2.24) is 24.0 Å². The third-order valence-corrected chi connectivity index (χ3v) is 12.4. The van der Waals surface area contributed by atoms with Crippen molar-refractivity contribution in [2.45, 2.75) is 79.4 Å². The molecule has 9 nitrogen and oxygen atoms in total. The maximum atomic E-state index is 12.0. The number of hydrogen-bond acceptors (Lipinski definition) is 6. The summed E-state index contributed by atoms with van der Waals surface area (Å²) in [5, 5.41) is 13.4. The van der Waals surface area contributed by atoms with E-state index in [1.165, 1.54) is 29.5 Å². The lowest BCUT2D eigenvalue weighted by Gasteiger charge is -2.22. The second-order valence-corrected chi connectivity index (χ2v) is 16.1. The molecule has 6 aromatic rings. The monoisotopic (exact) mass is 778 g/mol. The largest absolute Gasteiger partial charge is 0.494 e. The smallest absolute Gasteiger partial charge is 0.335 e. The lowest BCUT2D eigenvalue weighted by Crippen LogP contribution is -2.23. The number of likely N-dealkylation sites (tertiary alicyclic amines) is 1. The Morgan fingerprint density at radius 1 is 0.873 bits per heavy atom. The maximum absolute atomic E-state index is 12.0. The highest BCUT2D eigenvalue weighted by Gasteiger charge is 2.28. The minimum Gasteiger partial charge on any atom is -0.494 e. The van der Waals surface area contributed by atoms with Gasteiger partial charge in [0.05, 0.1) is 41.5 Å². The Kier molecular flexibility index (Phi) is 10.3. The number of aryl methyl sites for hydroxylation is 7. The quantitative estimate of drug-likeness (QED) is 0.139. The average Bonchev–Trinajstić information content (AvgIpc) is 3.81. The number of carbonyl (C=O) groups is 1. The third kappa shape index (κ3) is 7.07. The van der Waals surface area contributed by atoms with E-state index >= 15 is 0 Å². The van der Waals surface area contributed by atoms with Crippen LogP contribution in [0.3, 0.4) is 0 Å². The third-order valence-electron chi connectivity index (χ3n) is 11.5. The van der Waals surface area contributed by atoms with Crippen molar-refractivity contribution < 1.29 is 14.6 Å². The van der Waals surface area contributed by atoms with Gasteiger partial charge in [-0.3, -0.25) is 4.90 Å². The Balaban J connectivity index is 1.22. The van der Waals surface area contributed by atoms with Crippen LogP contribution in [0.1, 0.15) is 75.6 Å². The fourth-order valence-electron chi connectivity index (χ4n) is 8.92. The topological polar surface area (TPSA) is 88.7 Å². The number of hydrogen-bond donors (Lipinski definition) is 1. The summed E-state index contributed by atoms with van der Waals surface area (Å²) in [5.41, 5.74) is 11.8. The van der Waals surface area contributed by atoms with E-state index in [0.29, 0.717) is 18.2 Å². The standard InChI is InChI=1S/C44H48Cl2N6O3/c1-26-20-31(21-27(2)42(26)46)55-19-8-10-32-33-12-13-35(45)41(40-28(3)47-39(48-29(40)4)25-50-15-6-7-16-50)43(33)52-18-9-17-51(24-38(32)52)37-23-49(5)36-14-11-30(44(53)54)22-34(36)37/h11-14,20-23H,6-10,15-19,24-25H2,1-5H3,(H,53,54). The molecule has 0 aliphatic carbocycles. The molecular formula is C44H48Cl2N6O3. The van der Waals surface area contributed by atoms with Crippen molar-refractivity contribution in [1.29, 1.82) is 0 Å². The minimum absolute atomic E-state index is 0.286. The molecule has 2 aliphatic rings. The Morgan fingerprint density at radius 3 is 2.31 bits per heavy atom. The molecule has 3 aromatic carbocycles. The summed E-state index contributed by atoms with van der Waals surface area (Å²) < 4.78 is 10.9. The molecule has 286 valence electrons. The Labute approximate surface area is 332 Å². The molecule has 1 saturated heterocycles. The second-order valence-electron chi connectivity index (χ2n) is 15.3. The number of carboxylic acids is 1. The van der Waals surface area contributed by atoms with Crippen LogP contribution < -0.4 is 9.64 Å². The number of anilines is 1. The molecule has 0 unspecified atom stereocenters. The van der Waals surface area contributed by atoms with Crippen LogP contribution >= 0.6 is 23.2 Å². The number of ether oxygens (including phenoxy) is 1. The van der Waals surface area contributed by atoms with Crippen molar-refractivity contribution in [2.24, 2.45) is 7.05 Å². The first kappa shape index (κ1) is 37.4. The van der Waals surface area contributed by atoms with E-state index in [1.807, 2.05) is 51.2 Å². The van der Waals surface area contributed by atoms with E-state index in [4.69, 9.17) is 37.9 Å². The number of aromatic carboxylic acids is 1. The lowest BCUT2D eigenvalue weighted by atomic mass is 9.97. The number of nitrogens with zero attached hydrogens (tertiary/aromatic N) is 6. The van der Waals surface area contributed by atoms with E-state index in [9.17, 15) is 9.90 Å². The van der Waals surface area contributed by atoms with Gasteiger partial charge in [-0.05, 0) is 126 Å². The molecule has 8 rings (SSSR count). The van der Waals surface area contributed by atoms with Gasteiger partial charge in [-0.2, -0.15) is 0 Å². The first-order chi connectivity index (χ1) is 26.5. The van der Waals surface area contributed by atoms with Crippen LogP contribution in [-0.2, 0) is 33.1 Å². The summed E-state index contributed by atoms with van der Waals surface area (Å²) in [7, 11) is 2.02. The van der Waals surface area contributed by atoms with Gasteiger partial charge in [0.2, 0.25) is 0 Å². The highest BCUT2D eigenvalue weighted by atomic mass is 35.5. The van der Waals surface area contributed by atoms with Crippen molar-refractivity contribution in [3.05, 3.63) is 104 Å². The van der Waals surface area contributed by atoms with Gasteiger partial charge in [-0.25, -0.2) is 14.8 Å². The molecule has 0 amide bonds. The molecule has 55 heavy (non-hydrogen) atoms. The van der Waals surface area contributed by atoms with E-state index < -0.39 is 5.97 Å². The Hall–Kier alpha value is -4.57. The molecule has 0 atom stereocenters. The molecule has 1 N–H and O–H groups in total. The van der Waals surface area contributed by atoms with Crippen molar-refractivity contribution in [3.63, 3.8) is 0 Å². The van der Waals surface area contributed by atoms with E-state index in [2.05, 4.69) is 45.0 Å². The number of benzene rings is 3. The van der Waals surface area contributed by atoms with Gasteiger partial charge in [0.25, 0.3) is 0 Å². The van der Waals surface area contributed by atoms with Crippen molar-refractivity contribution in [2.75, 3.05) is 31.1 Å². The van der Waals surface area contributed by atoms with Crippen LogP contribution in [0.2, 0.25) is 10.0 Å². The van der Waals surface area contributed by atoms with E-state index in [-0.39, 0.29) is 5.56 Å². The van der Waals surface area contributed by atoms with Gasteiger partial charge in [0.1, 0.15) is 11.6 Å². The van der Waals surface area contributed by atoms with E-state index in [0.717, 1.165) is 124 Å². The molecule has 0 spiro atoms. The Bertz CT molecular complexity index is 2420. The number of rotatable bonds is 10. The zero-order valence-electron chi connectivity index (χ0n) is 32.3. The van der Waals surface area contributed by atoms with Crippen LogP contribution in [0.15, 0.2) is 48.7 Å². The Morgan fingerprint density at radius 2 is 1.60 bits per heavy atom. The highest BCUT2D eigenvalue weighted by molar-refractivity contribution is 6.35. The van der Waals surface area contributed by atoms with Crippen molar-refractivity contribution in [3.8, 4) is 16.9 Å². The number of carboxylic acid groups (broad SMARTS) is 1. The molecule has 0 bridgehead atoms. The molecule has 0 radical (unpaired) electrons. The van der Waals surface area contributed by atoms with Crippen LogP contribution in [0.25, 0.3) is 32.9 Å². The zero-order chi connectivity index (χ0) is 38.5. The summed E-state index contributed by atoms with van der Waals surface area (Å²) in [6.07, 6.45) is 7.11. The van der Waals surface area contributed by atoms with Gasteiger partial charge in [0.15, 0.2) is 0 Å². The lowest BCUT2D eigenvalue weighted by molar-refractivity contribution is 0.0697. The molecular weight excluding hydrogens is 731 g/mol. The summed E-state index contributed by atoms with van der Waals surface area (Å²) in [6.45, 7) is 14.0. The van der Waals surface area contributed by atoms with E-state index in [1.54, 1.807) is 6.07 Å². The van der Waals surface area contributed by atoms with Gasteiger partial charge in [0, 0.05) is 75.9 Å². The average molecular weight is 780 g/mol. The van der Waals surface area contributed by atoms with Crippen molar-refractivity contribution >= 4 is 56.7 Å². The predicted octanol–water partition coefficient (Wildman–Crippen LogP) is 9.85. The predicted molar refractivity (Wildman–Crippen MR) is 222 cm³/mol. The first-order valence-electron chi connectivity index (χ1n) is 19.3. The number of aromatic nitrogens is 4. The summed E-state index contributed by atoms with van der Waals surface area (Å²) in [6, 6.07) is 13.6. The molecule has 0 saturated carbocycles. The molecule has 5 heterocycles. The van der Waals surface area contributed by atoms with Gasteiger partial charge < -0.3 is 23.9 Å². The van der Waals surface area contributed by atoms with Gasteiger partial charge in [-0.15, -0.1) is 0 Å².